The number of amides is 1. The van der Waals surface area contributed by atoms with Crippen molar-refractivity contribution in [2.75, 3.05) is 13.1 Å². The summed E-state index contributed by atoms with van der Waals surface area (Å²) in [6, 6.07) is 7.75. The van der Waals surface area contributed by atoms with Crippen LogP contribution < -0.4 is 11.1 Å². The van der Waals surface area contributed by atoms with Crippen LogP contribution in [-0.2, 0) is 12.8 Å². The van der Waals surface area contributed by atoms with E-state index in [0.717, 1.165) is 41.8 Å². The van der Waals surface area contributed by atoms with E-state index in [0.29, 0.717) is 0 Å². The number of halogens is 2. The number of rotatable bonds is 5. The normalized spacial score (nSPS) is 13.8. The van der Waals surface area contributed by atoms with Gasteiger partial charge in [0.05, 0.1) is 18.8 Å². The average molecular weight is 334 g/mol. The number of nitrogens with two attached hydrogens (primary N) is 1. The summed E-state index contributed by atoms with van der Waals surface area (Å²) in [5.74, 6) is -3.69. The summed E-state index contributed by atoms with van der Waals surface area (Å²) in [7, 11) is 0. The van der Waals surface area contributed by atoms with Crippen LogP contribution in [0.4, 0.5) is 8.78 Å². The Labute approximate surface area is 138 Å². The minimum atomic E-state index is -3.11. The molecule has 1 aromatic carbocycles. The van der Waals surface area contributed by atoms with E-state index >= 15 is 0 Å². The fourth-order valence-electron chi connectivity index (χ4n) is 2.99. The van der Waals surface area contributed by atoms with Gasteiger partial charge in [-0.15, -0.1) is 0 Å². The number of aromatic nitrogens is 2. The summed E-state index contributed by atoms with van der Waals surface area (Å²) in [4.78, 5) is 12.3. The number of hydrogen-bond acceptors (Lipinski definition) is 3. The van der Waals surface area contributed by atoms with Crippen molar-refractivity contribution in [3.63, 3.8) is 0 Å². The molecule has 24 heavy (non-hydrogen) atoms. The van der Waals surface area contributed by atoms with Crippen LogP contribution in [0.25, 0.3) is 5.69 Å². The molecule has 3 N–H and O–H groups in total. The largest absolute Gasteiger partial charge is 0.345 e. The van der Waals surface area contributed by atoms with Gasteiger partial charge in [-0.25, -0.2) is 13.5 Å². The van der Waals surface area contributed by atoms with E-state index in [1.54, 1.807) is 4.68 Å². The van der Waals surface area contributed by atoms with Crippen molar-refractivity contribution in [1.82, 2.24) is 15.1 Å². The molecule has 0 spiro atoms. The first-order valence-electron chi connectivity index (χ1n) is 7.96. The number of benzene rings is 1. The Morgan fingerprint density at radius 2 is 2.12 bits per heavy atom. The van der Waals surface area contributed by atoms with Gasteiger partial charge in [-0.1, -0.05) is 18.2 Å². The van der Waals surface area contributed by atoms with Gasteiger partial charge < -0.3 is 11.1 Å². The maximum atomic E-state index is 13.3. The molecule has 0 saturated heterocycles. The molecule has 1 amide bonds. The van der Waals surface area contributed by atoms with Gasteiger partial charge in [0, 0.05) is 11.3 Å². The molecule has 1 aliphatic rings. The number of aryl methyl sites for hydroxylation is 1. The third-order valence-electron chi connectivity index (χ3n) is 4.30. The van der Waals surface area contributed by atoms with Crippen LogP contribution in [0.1, 0.15) is 33.7 Å². The quantitative estimate of drug-likeness (QED) is 0.878. The van der Waals surface area contributed by atoms with Gasteiger partial charge in [-0.05, 0) is 37.8 Å². The number of nitrogens with one attached hydrogen (secondary N) is 1. The molecule has 1 aliphatic carbocycles. The second-order valence-electron chi connectivity index (χ2n) is 6.07. The number of nitrogens with zero attached hydrogens (tertiary/aromatic N) is 2. The molecular weight excluding hydrogens is 314 g/mol. The van der Waals surface area contributed by atoms with Gasteiger partial charge in [0.15, 0.2) is 5.69 Å². The van der Waals surface area contributed by atoms with Crippen LogP contribution >= 0.6 is 0 Å². The monoisotopic (exact) mass is 334 g/mol. The van der Waals surface area contributed by atoms with Gasteiger partial charge in [0.2, 0.25) is 0 Å². The molecule has 0 atom stereocenters. The zero-order chi connectivity index (χ0) is 17.3. The lowest BCUT2D eigenvalue weighted by molar-refractivity contribution is 0.0118. The number of alkyl halides is 2. The van der Waals surface area contributed by atoms with Crippen LogP contribution in [-0.4, -0.2) is 34.7 Å². The van der Waals surface area contributed by atoms with E-state index in [9.17, 15) is 13.6 Å². The molecule has 5 nitrogen and oxygen atoms in total. The highest BCUT2D eigenvalue weighted by molar-refractivity contribution is 5.94. The Morgan fingerprint density at radius 3 is 2.83 bits per heavy atom. The third-order valence-corrected chi connectivity index (χ3v) is 4.30. The first kappa shape index (κ1) is 16.6. The lowest BCUT2D eigenvalue weighted by Gasteiger charge is -2.14. The SMILES string of the molecule is Cc1ccccc1-n1nc(C(=O)NCC(F)(F)CN)c2c1CCC2. The van der Waals surface area contributed by atoms with Gasteiger partial charge in [0.25, 0.3) is 11.8 Å². The van der Waals surface area contributed by atoms with Crippen molar-refractivity contribution in [2.45, 2.75) is 32.1 Å². The highest BCUT2D eigenvalue weighted by atomic mass is 19.3. The summed E-state index contributed by atoms with van der Waals surface area (Å²) in [6.45, 7) is 0.386. The molecule has 0 fully saturated rings. The Morgan fingerprint density at radius 1 is 1.38 bits per heavy atom. The van der Waals surface area contributed by atoms with E-state index in [2.05, 4.69) is 10.4 Å². The number of carbonyl (C=O) groups is 1. The molecule has 128 valence electrons. The highest BCUT2D eigenvalue weighted by Gasteiger charge is 2.31. The molecule has 0 unspecified atom stereocenters. The topological polar surface area (TPSA) is 72.9 Å². The number of fused-ring (bicyclic) bond motifs is 1. The van der Waals surface area contributed by atoms with E-state index < -0.39 is 24.9 Å². The summed E-state index contributed by atoms with van der Waals surface area (Å²) in [5.41, 5.74) is 9.01. The van der Waals surface area contributed by atoms with Crippen molar-refractivity contribution in [2.24, 2.45) is 5.73 Å². The molecule has 0 radical (unpaired) electrons. The second-order valence-corrected chi connectivity index (χ2v) is 6.07. The smallest absolute Gasteiger partial charge is 0.277 e. The minimum Gasteiger partial charge on any atom is -0.345 e. The standard InChI is InChI=1S/C17H20F2N4O/c1-11-5-2-3-7-13(11)23-14-8-4-6-12(14)15(22-23)16(24)21-10-17(18,19)9-20/h2-3,5,7H,4,6,8-10,20H2,1H3,(H,21,24). The number of para-hydroxylation sites is 1. The van der Waals surface area contributed by atoms with Crippen LogP contribution in [0.2, 0.25) is 0 Å². The van der Waals surface area contributed by atoms with Crippen LogP contribution in [0, 0.1) is 6.92 Å². The molecular formula is C17H20F2N4O. The lowest BCUT2D eigenvalue weighted by atomic mass is 10.1. The predicted octanol–water partition coefficient (Wildman–Crippen LogP) is 1.99. The zero-order valence-electron chi connectivity index (χ0n) is 13.5. The van der Waals surface area contributed by atoms with Gasteiger partial charge >= 0.3 is 0 Å². The lowest BCUT2D eigenvalue weighted by Crippen LogP contribution is -2.41. The summed E-state index contributed by atoms with van der Waals surface area (Å²) in [6.07, 6.45) is 2.48. The van der Waals surface area contributed by atoms with E-state index in [1.807, 2.05) is 31.2 Å². The van der Waals surface area contributed by atoms with Crippen molar-refractivity contribution in [3.05, 3.63) is 46.8 Å². The van der Waals surface area contributed by atoms with Gasteiger partial charge in [-0.3, -0.25) is 4.79 Å². The summed E-state index contributed by atoms with van der Waals surface area (Å²) in [5, 5.41) is 6.67. The maximum absolute atomic E-state index is 13.3. The first-order chi connectivity index (χ1) is 11.4. The van der Waals surface area contributed by atoms with Crippen molar-refractivity contribution in [3.8, 4) is 5.69 Å². The summed E-state index contributed by atoms with van der Waals surface area (Å²) >= 11 is 0. The predicted molar refractivity (Wildman–Crippen MR) is 86.7 cm³/mol. The molecule has 3 rings (SSSR count). The number of carbonyl (C=O) groups excluding carboxylic acids is 1. The van der Waals surface area contributed by atoms with Gasteiger partial charge in [-0.2, -0.15) is 5.10 Å². The minimum absolute atomic E-state index is 0.235. The Bertz CT molecular complexity index is 770. The van der Waals surface area contributed by atoms with Crippen LogP contribution in [0.15, 0.2) is 24.3 Å². The Hall–Kier alpha value is -2.28. The van der Waals surface area contributed by atoms with Crippen LogP contribution in [0.3, 0.4) is 0 Å². The molecule has 7 heteroatoms. The van der Waals surface area contributed by atoms with Crippen LogP contribution in [0.5, 0.6) is 0 Å². The fourth-order valence-corrected chi connectivity index (χ4v) is 2.99. The Kier molecular flexibility index (Phi) is 4.36. The molecule has 0 saturated carbocycles. The van der Waals surface area contributed by atoms with Gasteiger partial charge in [0.1, 0.15) is 0 Å². The maximum Gasteiger partial charge on any atom is 0.277 e. The Balaban J connectivity index is 1.92. The van der Waals surface area contributed by atoms with E-state index in [-0.39, 0.29) is 5.69 Å². The molecule has 1 heterocycles. The van der Waals surface area contributed by atoms with Crippen molar-refractivity contribution < 1.29 is 13.6 Å². The van der Waals surface area contributed by atoms with E-state index in [4.69, 9.17) is 5.73 Å². The zero-order valence-corrected chi connectivity index (χ0v) is 13.5. The average Bonchev–Trinajstić information content (AvgIpc) is 3.16. The van der Waals surface area contributed by atoms with E-state index in [1.165, 1.54) is 0 Å². The third kappa shape index (κ3) is 3.03. The summed E-state index contributed by atoms with van der Waals surface area (Å²) < 4.78 is 28.3. The highest BCUT2D eigenvalue weighted by Crippen LogP contribution is 2.28. The molecule has 2 aromatic rings. The fraction of sp³-hybridized carbons (Fsp3) is 0.412. The second kappa shape index (κ2) is 6.32. The first-order valence-corrected chi connectivity index (χ1v) is 7.96. The molecule has 0 bridgehead atoms. The number of hydrogen-bond donors (Lipinski definition) is 2. The molecule has 1 aromatic heterocycles. The van der Waals surface area contributed by atoms with Crippen molar-refractivity contribution in [1.29, 1.82) is 0 Å². The molecule has 0 aliphatic heterocycles. The van der Waals surface area contributed by atoms with Crippen molar-refractivity contribution >= 4 is 5.91 Å².